The molecule has 0 aliphatic carbocycles. The molecule has 2 heterocycles. The van der Waals surface area contributed by atoms with Crippen LogP contribution in [0.4, 0.5) is 0 Å². The summed E-state index contributed by atoms with van der Waals surface area (Å²) in [6.07, 6.45) is 6.25. The molecule has 3 rings (SSSR count). The molecule has 6 nitrogen and oxygen atoms in total. The first kappa shape index (κ1) is 17.0. The summed E-state index contributed by atoms with van der Waals surface area (Å²) in [7, 11) is 1.94. The lowest BCUT2D eigenvalue weighted by Crippen LogP contribution is -2.25. The van der Waals surface area contributed by atoms with Crippen LogP contribution in [0, 0.1) is 13.8 Å². The molecule has 1 aromatic carbocycles. The molecule has 0 aliphatic rings. The Morgan fingerprint density at radius 3 is 2.56 bits per heavy atom. The van der Waals surface area contributed by atoms with Crippen LogP contribution in [0.15, 0.2) is 43.0 Å². The minimum absolute atomic E-state index is 0.0478. The van der Waals surface area contributed by atoms with Gasteiger partial charge in [-0.3, -0.25) is 9.48 Å². The molecule has 25 heavy (non-hydrogen) atoms. The summed E-state index contributed by atoms with van der Waals surface area (Å²) in [5.41, 5.74) is 5.19. The van der Waals surface area contributed by atoms with E-state index in [1.807, 2.05) is 53.7 Å². The smallest absolute Gasteiger partial charge is 0.251 e. The zero-order chi connectivity index (χ0) is 17.8. The van der Waals surface area contributed by atoms with Crippen LogP contribution < -0.4 is 5.32 Å². The van der Waals surface area contributed by atoms with Crippen LogP contribution in [0.5, 0.6) is 0 Å². The maximum atomic E-state index is 12.3. The van der Waals surface area contributed by atoms with Gasteiger partial charge in [-0.05, 0) is 43.5 Å². The third-order valence-corrected chi connectivity index (χ3v) is 4.46. The molecular weight excluding hydrogens is 314 g/mol. The van der Waals surface area contributed by atoms with E-state index in [0.29, 0.717) is 12.1 Å². The van der Waals surface area contributed by atoms with E-state index in [1.165, 1.54) is 5.56 Å². The molecule has 0 spiro atoms. The van der Waals surface area contributed by atoms with E-state index in [9.17, 15) is 4.79 Å². The number of nitrogens with zero attached hydrogens (tertiary/aromatic N) is 4. The molecule has 0 aliphatic heterocycles. The minimum atomic E-state index is -0.0478. The SMILES string of the molecule is Cc1nn(C)c(C)c1CCNC(=O)c1ccc(Cn2ccnc2)cc1. The summed E-state index contributed by atoms with van der Waals surface area (Å²) in [6.45, 7) is 5.41. The number of aromatic nitrogens is 4. The maximum Gasteiger partial charge on any atom is 0.251 e. The molecule has 3 aromatic rings. The number of imidazole rings is 1. The van der Waals surface area contributed by atoms with Gasteiger partial charge in [-0.2, -0.15) is 5.10 Å². The summed E-state index contributed by atoms with van der Waals surface area (Å²) >= 11 is 0. The van der Waals surface area contributed by atoms with Crippen molar-refractivity contribution in [2.75, 3.05) is 6.54 Å². The van der Waals surface area contributed by atoms with Crippen LogP contribution in [-0.4, -0.2) is 31.8 Å². The summed E-state index contributed by atoms with van der Waals surface area (Å²) in [5, 5.41) is 7.39. The van der Waals surface area contributed by atoms with Gasteiger partial charge >= 0.3 is 0 Å². The zero-order valence-corrected chi connectivity index (χ0v) is 14.9. The molecule has 2 aromatic heterocycles. The van der Waals surface area contributed by atoms with Crippen LogP contribution in [-0.2, 0) is 20.0 Å². The van der Waals surface area contributed by atoms with Gasteiger partial charge < -0.3 is 9.88 Å². The highest BCUT2D eigenvalue weighted by molar-refractivity contribution is 5.94. The van der Waals surface area contributed by atoms with Crippen molar-refractivity contribution in [2.45, 2.75) is 26.8 Å². The van der Waals surface area contributed by atoms with Crippen LogP contribution in [0.3, 0.4) is 0 Å². The molecule has 0 fully saturated rings. The third kappa shape index (κ3) is 3.96. The van der Waals surface area contributed by atoms with Crippen LogP contribution in [0.1, 0.15) is 32.9 Å². The molecule has 1 amide bonds. The number of hydrogen-bond donors (Lipinski definition) is 1. The van der Waals surface area contributed by atoms with E-state index in [0.717, 1.165) is 29.9 Å². The lowest BCUT2D eigenvalue weighted by atomic mass is 10.1. The van der Waals surface area contributed by atoms with Crippen LogP contribution >= 0.6 is 0 Å². The number of rotatable bonds is 6. The molecule has 0 saturated heterocycles. The third-order valence-electron chi connectivity index (χ3n) is 4.46. The van der Waals surface area contributed by atoms with Crippen molar-refractivity contribution in [3.63, 3.8) is 0 Å². The number of carbonyl (C=O) groups is 1. The van der Waals surface area contributed by atoms with Gasteiger partial charge in [0.1, 0.15) is 0 Å². The Balaban J connectivity index is 1.54. The fourth-order valence-corrected chi connectivity index (χ4v) is 2.93. The number of hydrogen-bond acceptors (Lipinski definition) is 3. The van der Waals surface area contributed by atoms with Gasteiger partial charge in [-0.15, -0.1) is 0 Å². The maximum absolute atomic E-state index is 12.3. The largest absolute Gasteiger partial charge is 0.352 e. The van der Waals surface area contributed by atoms with Gasteiger partial charge in [-0.1, -0.05) is 12.1 Å². The Hall–Kier alpha value is -2.89. The number of nitrogens with one attached hydrogen (secondary N) is 1. The first-order valence-corrected chi connectivity index (χ1v) is 8.36. The predicted molar refractivity (Wildman–Crippen MR) is 96.5 cm³/mol. The predicted octanol–water partition coefficient (Wildman–Crippen LogP) is 2.25. The molecule has 0 bridgehead atoms. The fraction of sp³-hybridized carbons (Fsp3) is 0.316. The quantitative estimate of drug-likeness (QED) is 0.750. The Labute approximate surface area is 147 Å². The average molecular weight is 337 g/mol. The Bertz CT molecular complexity index is 847. The van der Waals surface area contributed by atoms with Gasteiger partial charge in [0.2, 0.25) is 0 Å². The number of benzene rings is 1. The number of aryl methyl sites for hydroxylation is 2. The van der Waals surface area contributed by atoms with Crippen LogP contribution in [0.2, 0.25) is 0 Å². The van der Waals surface area contributed by atoms with Gasteiger partial charge in [0, 0.05) is 43.8 Å². The number of amides is 1. The van der Waals surface area contributed by atoms with Crippen molar-refractivity contribution >= 4 is 5.91 Å². The summed E-state index contributed by atoms with van der Waals surface area (Å²) < 4.78 is 3.87. The molecule has 1 N–H and O–H groups in total. The highest BCUT2D eigenvalue weighted by Crippen LogP contribution is 2.12. The van der Waals surface area contributed by atoms with E-state index in [4.69, 9.17) is 0 Å². The second kappa shape index (κ2) is 7.34. The van der Waals surface area contributed by atoms with Crippen molar-refractivity contribution in [2.24, 2.45) is 7.05 Å². The standard InChI is InChI=1S/C19H23N5O/c1-14-18(15(2)23(3)22-14)8-9-21-19(25)17-6-4-16(5-7-17)12-24-11-10-20-13-24/h4-7,10-11,13H,8-9,12H2,1-3H3,(H,21,25). The highest BCUT2D eigenvalue weighted by Gasteiger charge is 2.10. The molecular formula is C19H23N5O. The Morgan fingerprint density at radius 1 is 1.20 bits per heavy atom. The fourth-order valence-electron chi connectivity index (χ4n) is 2.93. The van der Waals surface area contributed by atoms with Crippen molar-refractivity contribution in [3.8, 4) is 0 Å². The normalized spacial score (nSPS) is 10.8. The monoisotopic (exact) mass is 337 g/mol. The topological polar surface area (TPSA) is 64.7 Å². The summed E-state index contributed by atoms with van der Waals surface area (Å²) in [5.74, 6) is -0.0478. The first-order valence-electron chi connectivity index (χ1n) is 8.36. The average Bonchev–Trinajstić information content (AvgIpc) is 3.19. The molecule has 6 heteroatoms. The van der Waals surface area contributed by atoms with E-state index in [1.54, 1.807) is 12.5 Å². The number of carbonyl (C=O) groups excluding carboxylic acids is 1. The zero-order valence-electron chi connectivity index (χ0n) is 14.9. The molecule has 0 saturated carbocycles. The summed E-state index contributed by atoms with van der Waals surface area (Å²) in [4.78, 5) is 16.3. The lowest BCUT2D eigenvalue weighted by Gasteiger charge is -2.07. The summed E-state index contributed by atoms with van der Waals surface area (Å²) in [6, 6.07) is 7.68. The van der Waals surface area contributed by atoms with E-state index in [-0.39, 0.29) is 5.91 Å². The van der Waals surface area contributed by atoms with E-state index < -0.39 is 0 Å². The van der Waals surface area contributed by atoms with E-state index >= 15 is 0 Å². The van der Waals surface area contributed by atoms with Crippen molar-refractivity contribution < 1.29 is 4.79 Å². The molecule has 0 radical (unpaired) electrons. The van der Waals surface area contributed by atoms with Gasteiger partial charge in [-0.25, -0.2) is 4.98 Å². The minimum Gasteiger partial charge on any atom is -0.352 e. The van der Waals surface area contributed by atoms with E-state index in [2.05, 4.69) is 22.3 Å². The van der Waals surface area contributed by atoms with Gasteiger partial charge in [0.25, 0.3) is 5.91 Å². The van der Waals surface area contributed by atoms with Crippen LogP contribution in [0.25, 0.3) is 0 Å². The highest BCUT2D eigenvalue weighted by atomic mass is 16.1. The Morgan fingerprint density at radius 2 is 1.96 bits per heavy atom. The van der Waals surface area contributed by atoms with Crippen molar-refractivity contribution in [1.82, 2.24) is 24.6 Å². The first-order chi connectivity index (χ1) is 12.0. The van der Waals surface area contributed by atoms with Crippen molar-refractivity contribution in [1.29, 1.82) is 0 Å². The molecule has 130 valence electrons. The molecule has 0 unspecified atom stereocenters. The molecule has 0 atom stereocenters. The Kier molecular flexibility index (Phi) is 4.97. The second-order valence-corrected chi connectivity index (χ2v) is 6.21. The van der Waals surface area contributed by atoms with Gasteiger partial charge in [0.15, 0.2) is 0 Å². The van der Waals surface area contributed by atoms with Crippen molar-refractivity contribution in [3.05, 3.63) is 71.1 Å². The second-order valence-electron chi connectivity index (χ2n) is 6.21. The lowest BCUT2D eigenvalue weighted by molar-refractivity contribution is 0.0954. The van der Waals surface area contributed by atoms with Gasteiger partial charge in [0.05, 0.1) is 12.0 Å².